The molecule has 1 fully saturated rings. The van der Waals surface area contributed by atoms with E-state index in [2.05, 4.69) is 4.98 Å². The second kappa shape index (κ2) is 5.53. The van der Waals surface area contributed by atoms with Gasteiger partial charge in [0, 0.05) is 18.0 Å². The van der Waals surface area contributed by atoms with Gasteiger partial charge < -0.3 is 10.2 Å². The zero-order valence-corrected chi connectivity index (χ0v) is 12.2. The first-order chi connectivity index (χ1) is 10.8. The van der Waals surface area contributed by atoms with Gasteiger partial charge in [-0.15, -0.1) is 0 Å². The standard InChI is InChI=1S/C17H16F3NO2/c18-17(19,20)12-4-1-3-11(7-12)16(8-13(22)9-16)10-14-15(23)5-2-6-21-14/h1-7,13,22-23H,8-10H2. The van der Waals surface area contributed by atoms with E-state index in [9.17, 15) is 23.4 Å². The average Bonchev–Trinajstić information content (AvgIpc) is 2.47. The summed E-state index contributed by atoms with van der Waals surface area (Å²) >= 11 is 0. The van der Waals surface area contributed by atoms with E-state index in [0.717, 1.165) is 12.1 Å². The van der Waals surface area contributed by atoms with E-state index in [1.165, 1.54) is 18.3 Å². The monoisotopic (exact) mass is 323 g/mol. The number of benzene rings is 1. The summed E-state index contributed by atoms with van der Waals surface area (Å²) in [4.78, 5) is 4.11. The highest BCUT2D eigenvalue weighted by Crippen LogP contribution is 2.48. The molecule has 0 atom stereocenters. The molecule has 1 aliphatic carbocycles. The van der Waals surface area contributed by atoms with Crippen molar-refractivity contribution in [2.45, 2.75) is 37.0 Å². The summed E-state index contributed by atoms with van der Waals surface area (Å²) in [5.74, 6) is 0.0141. The van der Waals surface area contributed by atoms with Gasteiger partial charge in [0.05, 0.1) is 17.4 Å². The van der Waals surface area contributed by atoms with Crippen LogP contribution in [-0.2, 0) is 18.0 Å². The van der Waals surface area contributed by atoms with Crippen molar-refractivity contribution in [1.29, 1.82) is 0 Å². The zero-order valence-electron chi connectivity index (χ0n) is 12.2. The minimum atomic E-state index is -4.41. The lowest BCUT2D eigenvalue weighted by atomic mass is 9.60. The van der Waals surface area contributed by atoms with Crippen molar-refractivity contribution in [3.63, 3.8) is 0 Å². The van der Waals surface area contributed by atoms with Gasteiger partial charge in [-0.05, 0) is 36.6 Å². The van der Waals surface area contributed by atoms with Gasteiger partial charge in [-0.2, -0.15) is 13.2 Å². The fourth-order valence-electron chi connectivity index (χ4n) is 3.24. The molecule has 0 amide bonds. The van der Waals surface area contributed by atoms with E-state index in [4.69, 9.17) is 0 Å². The summed E-state index contributed by atoms with van der Waals surface area (Å²) < 4.78 is 38.8. The molecule has 0 saturated heterocycles. The van der Waals surface area contributed by atoms with Crippen molar-refractivity contribution >= 4 is 0 Å². The van der Waals surface area contributed by atoms with Crippen molar-refractivity contribution in [1.82, 2.24) is 4.98 Å². The van der Waals surface area contributed by atoms with Gasteiger partial charge in [-0.3, -0.25) is 4.98 Å². The molecule has 0 unspecified atom stereocenters. The number of aliphatic hydroxyl groups excluding tert-OH is 1. The smallest absolute Gasteiger partial charge is 0.416 e. The first kappa shape index (κ1) is 15.8. The van der Waals surface area contributed by atoms with E-state index in [-0.39, 0.29) is 12.2 Å². The van der Waals surface area contributed by atoms with Crippen LogP contribution in [0.5, 0.6) is 5.75 Å². The molecule has 6 heteroatoms. The summed E-state index contributed by atoms with van der Waals surface area (Å²) in [6, 6.07) is 8.27. The lowest BCUT2D eigenvalue weighted by molar-refractivity contribution is -0.137. The van der Waals surface area contributed by atoms with Crippen LogP contribution in [0.15, 0.2) is 42.6 Å². The minimum Gasteiger partial charge on any atom is -0.506 e. The van der Waals surface area contributed by atoms with E-state index in [1.807, 2.05) is 0 Å². The van der Waals surface area contributed by atoms with Crippen molar-refractivity contribution < 1.29 is 23.4 Å². The number of rotatable bonds is 3. The summed E-state index contributed by atoms with van der Waals surface area (Å²) in [5.41, 5.74) is -0.396. The Morgan fingerprint density at radius 3 is 2.52 bits per heavy atom. The van der Waals surface area contributed by atoms with Crippen LogP contribution >= 0.6 is 0 Å². The number of nitrogens with zero attached hydrogens (tertiary/aromatic N) is 1. The van der Waals surface area contributed by atoms with Gasteiger partial charge in [-0.25, -0.2) is 0 Å². The third kappa shape index (κ3) is 3.03. The van der Waals surface area contributed by atoms with Crippen LogP contribution in [0.3, 0.4) is 0 Å². The SMILES string of the molecule is Oc1cccnc1CC1(c2cccc(C(F)(F)F)c2)CC(O)C1. The second-order valence-electron chi connectivity index (χ2n) is 6.07. The minimum absolute atomic E-state index is 0.0141. The Bertz CT molecular complexity index is 709. The molecule has 0 bridgehead atoms. The highest BCUT2D eigenvalue weighted by molar-refractivity contribution is 5.38. The molecule has 3 rings (SSSR count). The molecule has 1 aromatic heterocycles. The predicted octanol–water partition coefficient (Wildman–Crippen LogP) is 3.44. The molecule has 1 saturated carbocycles. The molecule has 0 spiro atoms. The number of aliphatic hydroxyl groups is 1. The number of hydrogen-bond acceptors (Lipinski definition) is 3. The Hall–Kier alpha value is -2.08. The molecule has 122 valence electrons. The predicted molar refractivity (Wildman–Crippen MR) is 78.0 cm³/mol. The molecule has 3 nitrogen and oxygen atoms in total. The molecule has 2 aromatic rings. The van der Waals surface area contributed by atoms with E-state index < -0.39 is 23.3 Å². The first-order valence-electron chi connectivity index (χ1n) is 7.29. The third-order valence-electron chi connectivity index (χ3n) is 4.43. The summed E-state index contributed by atoms with van der Waals surface area (Å²) in [7, 11) is 0. The van der Waals surface area contributed by atoms with Crippen LogP contribution in [0.1, 0.15) is 29.7 Å². The van der Waals surface area contributed by atoms with Gasteiger partial charge >= 0.3 is 6.18 Å². The quantitative estimate of drug-likeness (QED) is 0.910. The number of aromatic hydroxyl groups is 1. The molecule has 0 aliphatic heterocycles. The van der Waals surface area contributed by atoms with Crippen molar-refractivity contribution in [3.05, 3.63) is 59.4 Å². The Labute approximate surface area is 131 Å². The van der Waals surface area contributed by atoms with Gasteiger partial charge in [-0.1, -0.05) is 18.2 Å². The Morgan fingerprint density at radius 1 is 1.17 bits per heavy atom. The van der Waals surface area contributed by atoms with E-state index in [1.54, 1.807) is 12.1 Å². The number of pyridine rings is 1. The lowest BCUT2D eigenvalue weighted by Gasteiger charge is -2.46. The van der Waals surface area contributed by atoms with Gasteiger partial charge in [0.1, 0.15) is 5.75 Å². The zero-order chi connectivity index (χ0) is 16.7. The molecule has 0 radical (unpaired) electrons. The summed E-state index contributed by atoms with van der Waals surface area (Å²) in [5, 5.41) is 19.6. The summed E-state index contributed by atoms with van der Waals surface area (Å²) in [6.45, 7) is 0. The van der Waals surface area contributed by atoms with Gasteiger partial charge in [0.2, 0.25) is 0 Å². The van der Waals surface area contributed by atoms with Crippen molar-refractivity contribution in [2.24, 2.45) is 0 Å². The fourth-order valence-corrected chi connectivity index (χ4v) is 3.24. The number of halogens is 3. The van der Waals surface area contributed by atoms with Crippen LogP contribution < -0.4 is 0 Å². The molecule has 2 N–H and O–H groups in total. The van der Waals surface area contributed by atoms with Crippen molar-refractivity contribution in [2.75, 3.05) is 0 Å². The maximum atomic E-state index is 12.9. The van der Waals surface area contributed by atoms with Crippen LogP contribution in [0.25, 0.3) is 0 Å². The molecular formula is C17H16F3NO2. The van der Waals surface area contributed by atoms with E-state index in [0.29, 0.717) is 24.1 Å². The van der Waals surface area contributed by atoms with Crippen molar-refractivity contribution in [3.8, 4) is 5.75 Å². The lowest BCUT2D eigenvalue weighted by Crippen LogP contribution is -2.46. The van der Waals surface area contributed by atoms with Gasteiger partial charge in [0.15, 0.2) is 0 Å². The highest BCUT2D eigenvalue weighted by atomic mass is 19.4. The molecule has 23 heavy (non-hydrogen) atoms. The maximum Gasteiger partial charge on any atom is 0.416 e. The number of alkyl halides is 3. The highest BCUT2D eigenvalue weighted by Gasteiger charge is 2.46. The van der Waals surface area contributed by atoms with Crippen LogP contribution in [0, 0.1) is 0 Å². The second-order valence-corrected chi connectivity index (χ2v) is 6.07. The Balaban J connectivity index is 1.98. The first-order valence-corrected chi connectivity index (χ1v) is 7.29. The Morgan fingerprint density at radius 2 is 1.91 bits per heavy atom. The Kier molecular flexibility index (Phi) is 3.80. The van der Waals surface area contributed by atoms with Crippen LogP contribution in [-0.4, -0.2) is 21.3 Å². The molecule has 1 aromatic carbocycles. The topological polar surface area (TPSA) is 53.4 Å². The van der Waals surface area contributed by atoms with Crippen LogP contribution in [0.4, 0.5) is 13.2 Å². The summed E-state index contributed by atoms with van der Waals surface area (Å²) in [6.07, 6.45) is -2.43. The number of aromatic nitrogens is 1. The molecule has 1 aliphatic rings. The molecular weight excluding hydrogens is 307 g/mol. The average molecular weight is 323 g/mol. The van der Waals surface area contributed by atoms with Crippen LogP contribution in [0.2, 0.25) is 0 Å². The van der Waals surface area contributed by atoms with E-state index >= 15 is 0 Å². The fraction of sp³-hybridized carbons (Fsp3) is 0.353. The number of hydrogen-bond donors (Lipinski definition) is 2. The normalized spacial score (nSPS) is 24.3. The largest absolute Gasteiger partial charge is 0.506 e. The van der Waals surface area contributed by atoms with Gasteiger partial charge in [0.25, 0.3) is 0 Å². The maximum absolute atomic E-state index is 12.9. The third-order valence-corrected chi connectivity index (χ3v) is 4.43. The molecule has 1 heterocycles.